The molecule has 5 nitrogen and oxygen atoms in total. The van der Waals surface area contributed by atoms with Crippen molar-refractivity contribution in [1.29, 1.82) is 0 Å². The molecule has 0 saturated heterocycles. The first-order chi connectivity index (χ1) is 11.5. The van der Waals surface area contributed by atoms with Gasteiger partial charge in [0.15, 0.2) is 11.5 Å². The minimum absolute atomic E-state index is 0.103. The minimum Gasteiger partial charge on any atom is -0.508 e. The van der Waals surface area contributed by atoms with E-state index in [1.807, 2.05) is 12.1 Å². The van der Waals surface area contributed by atoms with Crippen molar-refractivity contribution in [3.63, 3.8) is 0 Å². The van der Waals surface area contributed by atoms with Crippen LogP contribution in [0.5, 0.6) is 17.2 Å². The molecule has 0 aromatic heterocycles. The molecule has 5 heteroatoms. The molecule has 0 amide bonds. The minimum atomic E-state index is -0.720. The molecule has 3 atom stereocenters. The first kappa shape index (κ1) is 16.6. The van der Waals surface area contributed by atoms with Gasteiger partial charge in [0.25, 0.3) is 0 Å². The number of hydrogen-bond acceptors (Lipinski definition) is 5. The van der Waals surface area contributed by atoms with E-state index in [2.05, 4.69) is 12.2 Å². The molecule has 24 heavy (non-hydrogen) atoms. The number of aliphatic hydroxyl groups excluding tert-OH is 1. The van der Waals surface area contributed by atoms with Crippen LogP contribution in [-0.2, 0) is 12.8 Å². The maximum atomic E-state index is 10.6. The molecular weight excluding hydrogens is 306 g/mol. The lowest BCUT2D eigenvalue weighted by Gasteiger charge is -2.33. The molecule has 0 saturated carbocycles. The Morgan fingerprint density at radius 1 is 1.08 bits per heavy atom. The number of phenolic OH excluding ortho intramolecular Hbond substituents is 3. The first-order valence-corrected chi connectivity index (χ1v) is 8.21. The van der Waals surface area contributed by atoms with E-state index >= 15 is 0 Å². The van der Waals surface area contributed by atoms with Gasteiger partial charge in [0.1, 0.15) is 5.75 Å². The molecule has 3 unspecified atom stereocenters. The fourth-order valence-electron chi connectivity index (χ4n) is 3.44. The van der Waals surface area contributed by atoms with Crippen LogP contribution in [0.2, 0.25) is 0 Å². The van der Waals surface area contributed by atoms with Crippen LogP contribution in [0.4, 0.5) is 0 Å². The third kappa shape index (κ3) is 3.32. The van der Waals surface area contributed by atoms with E-state index in [1.165, 1.54) is 6.07 Å². The second-order valence-electron chi connectivity index (χ2n) is 6.53. The van der Waals surface area contributed by atoms with Gasteiger partial charge in [0.2, 0.25) is 0 Å². The van der Waals surface area contributed by atoms with Crippen molar-refractivity contribution in [1.82, 2.24) is 5.32 Å². The molecule has 5 N–H and O–H groups in total. The summed E-state index contributed by atoms with van der Waals surface area (Å²) in [7, 11) is 0. The Bertz CT molecular complexity index is 714. The summed E-state index contributed by atoms with van der Waals surface area (Å²) in [6.07, 6.45) is 1.36. The summed E-state index contributed by atoms with van der Waals surface area (Å²) in [4.78, 5) is 0. The van der Waals surface area contributed by atoms with Crippen molar-refractivity contribution in [3.05, 3.63) is 53.1 Å². The second-order valence-corrected chi connectivity index (χ2v) is 6.53. The number of fused-ring (bicyclic) bond motifs is 1. The third-order valence-corrected chi connectivity index (χ3v) is 4.68. The summed E-state index contributed by atoms with van der Waals surface area (Å²) in [6, 6.07) is 10.3. The Morgan fingerprint density at radius 2 is 1.79 bits per heavy atom. The highest BCUT2D eigenvalue weighted by molar-refractivity contribution is 5.51. The third-order valence-electron chi connectivity index (χ3n) is 4.68. The largest absolute Gasteiger partial charge is 0.508 e. The molecule has 1 aliphatic rings. The van der Waals surface area contributed by atoms with Gasteiger partial charge in [-0.3, -0.25) is 0 Å². The number of hydrogen-bond donors (Lipinski definition) is 5. The average molecular weight is 329 g/mol. The van der Waals surface area contributed by atoms with Gasteiger partial charge in [-0.2, -0.15) is 0 Å². The topological polar surface area (TPSA) is 93.0 Å². The molecule has 3 rings (SSSR count). The molecule has 0 bridgehead atoms. The zero-order valence-electron chi connectivity index (χ0n) is 13.6. The van der Waals surface area contributed by atoms with Crippen LogP contribution < -0.4 is 5.32 Å². The van der Waals surface area contributed by atoms with Crippen LogP contribution in [0.3, 0.4) is 0 Å². The summed E-state index contributed by atoms with van der Waals surface area (Å²) >= 11 is 0. The summed E-state index contributed by atoms with van der Waals surface area (Å²) in [5, 5.41) is 42.9. The van der Waals surface area contributed by atoms with Crippen LogP contribution >= 0.6 is 0 Å². The first-order valence-electron chi connectivity index (χ1n) is 8.21. The molecule has 2 aromatic carbocycles. The molecule has 0 aliphatic heterocycles. The van der Waals surface area contributed by atoms with Gasteiger partial charge in [-0.05, 0) is 55.5 Å². The Morgan fingerprint density at radius 3 is 2.50 bits per heavy atom. The summed E-state index contributed by atoms with van der Waals surface area (Å²) in [5.41, 5.74) is 2.42. The zero-order chi connectivity index (χ0) is 17.3. The number of rotatable bonds is 4. The highest BCUT2D eigenvalue weighted by atomic mass is 16.3. The predicted molar refractivity (Wildman–Crippen MR) is 91.2 cm³/mol. The standard InChI is InChI=1S/C19H23NO4/c1-11(10-12-2-4-13(21)5-3-12)20-16-8-6-15-14(18(16)23)7-9-17(22)19(15)24/h2-5,7,9,11,16,18,20-24H,6,8,10H2,1H3. The van der Waals surface area contributed by atoms with Gasteiger partial charge < -0.3 is 25.7 Å². The van der Waals surface area contributed by atoms with Crippen LogP contribution in [0.15, 0.2) is 36.4 Å². The van der Waals surface area contributed by atoms with Crippen molar-refractivity contribution in [2.24, 2.45) is 0 Å². The second kappa shape index (κ2) is 6.71. The van der Waals surface area contributed by atoms with Gasteiger partial charge in [0, 0.05) is 17.6 Å². The van der Waals surface area contributed by atoms with Gasteiger partial charge >= 0.3 is 0 Å². The average Bonchev–Trinajstić information content (AvgIpc) is 2.56. The van der Waals surface area contributed by atoms with Gasteiger partial charge in [-0.1, -0.05) is 18.2 Å². The number of benzene rings is 2. The highest BCUT2D eigenvalue weighted by Crippen LogP contribution is 2.39. The van der Waals surface area contributed by atoms with E-state index in [1.54, 1.807) is 18.2 Å². The van der Waals surface area contributed by atoms with E-state index in [0.29, 0.717) is 24.0 Å². The number of aromatic hydroxyl groups is 3. The molecule has 0 fully saturated rings. The fourth-order valence-corrected chi connectivity index (χ4v) is 3.44. The fraction of sp³-hybridized carbons (Fsp3) is 0.368. The number of aliphatic hydroxyl groups is 1. The van der Waals surface area contributed by atoms with Gasteiger partial charge in [-0.25, -0.2) is 0 Å². The van der Waals surface area contributed by atoms with E-state index in [9.17, 15) is 20.4 Å². The summed E-state index contributed by atoms with van der Waals surface area (Å²) < 4.78 is 0. The van der Waals surface area contributed by atoms with Gasteiger partial charge in [-0.15, -0.1) is 0 Å². The SMILES string of the molecule is CC(Cc1ccc(O)cc1)NC1CCc2c(ccc(O)c2O)C1O. The Balaban J connectivity index is 1.67. The van der Waals surface area contributed by atoms with Crippen LogP contribution in [0.25, 0.3) is 0 Å². The summed E-state index contributed by atoms with van der Waals surface area (Å²) in [5.74, 6) is -0.0167. The van der Waals surface area contributed by atoms with E-state index in [0.717, 1.165) is 12.0 Å². The molecule has 0 heterocycles. The Hall–Kier alpha value is -2.24. The van der Waals surface area contributed by atoms with Gasteiger partial charge in [0.05, 0.1) is 6.10 Å². The zero-order valence-corrected chi connectivity index (χ0v) is 13.6. The Kier molecular flexibility index (Phi) is 4.64. The quantitative estimate of drug-likeness (QED) is 0.555. The molecular formula is C19H23NO4. The number of nitrogens with one attached hydrogen (secondary N) is 1. The molecule has 2 aromatic rings. The lowest BCUT2D eigenvalue weighted by atomic mass is 9.84. The molecule has 1 aliphatic carbocycles. The molecule has 128 valence electrons. The lowest BCUT2D eigenvalue weighted by Crippen LogP contribution is -2.43. The van der Waals surface area contributed by atoms with Crippen molar-refractivity contribution >= 4 is 0 Å². The van der Waals surface area contributed by atoms with Crippen LogP contribution in [0.1, 0.15) is 36.1 Å². The maximum Gasteiger partial charge on any atom is 0.161 e. The lowest BCUT2D eigenvalue weighted by molar-refractivity contribution is 0.108. The predicted octanol–water partition coefficient (Wildman–Crippen LogP) is 2.37. The van der Waals surface area contributed by atoms with Crippen molar-refractivity contribution in [3.8, 4) is 17.2 Å². The van der Waals surface area contributed by atoms with E-state index in [-0.39, 0.29) is 29.3 Å². The molecule has 0 spiro atoms. The Labute approximate surface area is 141 Å². The summed E-state index contributed by atoms with van der Waals surface area (Å²) in [6.45, 7) is 2.06. The van der Waals surface area contributed by atoms with Crippen LogP contribution in [-0.4, -0.2) is 32.5 Å². The molecule has 0 radical (unpaired) electrons. The smallest absolute Gasteiger partial charge is 0.161 e. The van der Waals surface area contributed by atoms with Crippen molar-refractivity contribution < 1.29 is 20.4 Å². The van der Waals surface area contributed by atoms with E-state index in [4.69, 9.17) is 0 Å². The number of phenols is 3. The van der Waals surface area contributed by atoms with Crippen LogP contribution in [0, 0.1) is 0 Å². The van der Waals surface area contributed by atoms with Crippen molar-refractivity contribution in [2.45, 2.75) is 44.4 Å². The van der Waals surface area contributed by atoms with Crippen molar-refractivity contribution in [2.75, 3.05) is 0 Å². The van der Waals surface area contributed by atoms with E-state index < -0.39 is 6.10 Å². The maximum absolute atomic E-state index is 10.6. The highest BCUT2D eigenvalue weighted by Gasteiger charge is 2.31. The normalized spacial score (nSPS) is 21.2. The monoisotopic (exact) mass is 329 g/mol.